The Labute approximate surface area is 154 Å². The summed E-state index contributed by atoms with van der Waals surface area (Å²) in [5.74, 6) is 0.544. The maximum absolute atomic E-state index is 12.9. The molecular weight excluding hydrogens is 410 g/mol. The number of fused-ring (bicyclic) bond motifs is 1. The minimum absolute atomic E-state index is 0.0373. The Kier molecular flexibility index (Phi) is 4.75. The average Bonchev–Trinajstić information content (AvgIpc) is 3.00. The molecule has 1 N–H and O–H groups in total. The first-order valence-corrected chi connectivity index (χ1v) is 9.85. The predicted octanol–water partition coefficient (Wildman–Crippen LogP) is 3.74. The van der Waals surface area contributed by atoms with E-state index in [1.54, 1.807) is 12.1 Å². The highest BCUT2D eigenvalue weighted by atomic mass is 79.9. The molecule has 6 nitrogen and oxygen atoms in total. The van der Waals surface area contributed by atoms with Crippen LogP contribution in [0.1, 0.15) is 29.8 Å². The molecule has 0 saturated carbocycles. The number of sulfonamides is 1. The molecule has 8 heteroatoms. The van der Waals surface area contributed by atoms with Crippen molar-refractivity contribution in [2.24, 2.45) is 0 Å². The monoisotopic (exact) mass is 425 g/mol. The molecule has 0 fully saturated rings. The number of hydrogen-bond donors (Lipinski definition) is 1. The summed E-state index contributed by atoms with van der Waals surface area (Å²) in [7, 11) is -3.87. The third-order valence-corrected chi connectivity index (χ3v) is 5.79. The molecule has 0 atom stereocenters. The molecule has 1 heterocycles. The second-order valence-electron chi connectivity index (χ2n) is 5.52. The average molecular weight is 426 g/mol. The Balaban J connectivity index is 2.06. The molecule has 0 aliphatic carbocycles. The number of ketones is 1. The maximum atomic E-state index is 12.9. The molecule has 0 saturated heterocycles. The van der Waals surface area contributed by atoms with E-state index in [1.165, 1.54) is 25.1 Å². The van der Waals surface area contributed by atoms with Crippen molar-refractivity contribution in [3.8, 4) is 11.5 Å². The van der Waals surface area contributed by atoms with Crippen molar-refractivity contribution in [1.82, 2.24) is 0 Å². The van der Waals surface area contributed by atoms with E-state index in [-0.39, 0.29) is 28.7 Å². The number of carbonyl (C=O) groups excluding carboxylic acids is 1. The van der Waals surface area contributed by atoms with Crippen molar-refractivity contribution in [1.29, 1.82) is 0 Å². The number of benzene rings is 2. The zero-order valence-electron chi connectivity index (χ0n) is 13.6. The van der Waals surface area contributed by atoms with Crippen molar-refractivity contribution >= 4 is 37.4 Å². The molecule has 25 heavy (non-hydrogen) atoms. The fraction of sp³-hybridized carbons (Fsp3) is 0.235. The van der Waals surface area contributed by atoms with Gasteiger partial charge in [0.1, 0.15) is 0 Å². The van der Waals surface area contributed by atoms with E-state index in [9.17, 15) is 13.2 Å². The standard InChI is InChI=1S/C17H16BrNO5S/c1-3-11-6-12(18)4-5-17(11)25(21,22)19-14-8-16-15(23-9-24-16)7-13(14)10(2)20/h4-8,19H,3,9H2,1-2H3. The minimum atomic E-state index is -3.87. The smallest absolute Gasteiger partial charge is 0.262 e. The zero-order chi connectivity index (χ0) is 18.2. The van der Waals surface area contributed by atoms with E-state index in [2.05, 4.69) is 20.7 Å². The lowest BCUT2D eigenvalue weighted by atomic mass is 10.1. The Morgan fingerprint density at radius 1 is 1.20 bits per heavy atom. The first-order chi connectivity index (χ1) is 11.8. The van der Waals surface area contributed by atoms with Crippen LogP contribution in [0.3, 0.4) is 0 Å². The Hall–Kier alpha value is -2.06. The molecule has 0 amide bonds. The van der Waals surface area contributed by atoms with Crippen LogP contribution in [0.5, 0.6) is 11.5 Å². The fourth-order valence-electron chi connectivity index (χ4n) is 2.60. The SMILES string of the molecule is CCc1cc(Br)ccc1S(=O)(=O)Nc1cc2c(cc1C(C)=O)OCO2. The van der Waals surface area contributed by atoms with Gasteiger partial charge in [-0.05, 0) is 43.2 Å². The number of halogens is 1. The number of aryl methyl sites for hydroxylation is 1. The number of anilines is 1. The van der Waals surface area contributed by atoms with Crippen LogP contribution in [0.15, 0.2) is 39.7 Å². The van der Waals surface area contributed by atoms with Gasteiger partial charge in [0.05, 0.1) is 10.6 Å². The molecule has 0 radical (unpaired) electrons. The minimum Gasteiger partial charge on any atom is -0.454 e. The molecule has 2 aromatic rings. The van der Waals surface area contributed by atoms with Gasteiger partial charge in [-0.15, -0.1) is 0 Å². The van der Waals surface area contributed by atoms with Gasteiger partial charge in [-0.2, -0.15) is 0 Å². The van der Waals surface area contributed by atoms with Crippen LogP contribution in [0.4, 0.5) is 5.69 Å². The van der Waals surface area contributed by atoms with E-state index in [0.29, 0.717) is 23.5 Å². The van der Waals surface area contributed by atoms with Gasteiger partial charge in [0.15, 0.2) is 17.3 Å². The van der Waals surface area contributed by atoms with Crippen LogP contribution in [0.25, 0.3) is 0 Å². The van der Waals surface area contributed by atoms with Gasteiger partial charge in [-0.3, -0.25) is 9.52 Å². The Morgan fingerprint density at radius 2 is 1.88 bits per heavy atom. The third-order valence-electron chi connectivity index (χ3n) is 3.83. The van der Waals surface area contributed by atoms with Gasteiger partial charge in [0.25, 0.3) is 10.0 Å². The van der Waals surface area contributed by atoms with E-state index < -0.39 is 10.0 Å². The number of rotatable bonds is 5. The molecule has 0 aromatic heterocycles. The summed E-state index contributed by atoms with van der Waals surface area (Å²) in [5.41, 5.74) is 1.07. The number of carbonyl (C=O) groups is 1. The summed E-state index contributed by atoms with van der Waals surface area (Å²) in [6.45, 7) is 3.28. The van der Waals surface area contributed by atoms with Crippen LogP contribution >= 0.6 is 15.9 Å². The zero-order valence-corrected chi connectivity index (χ0v) is 16.0. The quantitative estimate of drug-likeness (QED) is 0.737. The molecule has 1 aliphatic heterocycles. The number of ether oxygens (including phenoxy) is 2. The number of Topliss-reactive ketones (excluding diaryl/α,β-unsaturated/α-hetero) is 1. The highest BCUT2D eigenvalue weighted by Gasteiger charge is 2.24. The van der Waals surface area contributed by atoms with E-state index in [1.807, 2.05) is 6.92 Å². The van der Waals surface area contributed by atoms with Crippen molar-refractivity contribution in [3.05, 3.63) is 45.9 Å². The Morgan fingerprint density at radius 3 is 2.52 bits per heavy atom. The summed E-state index contributed by atoms with van der Waals surface area (Å²) >= 11 is 3.34. The number of hydrogen-bond acceptors (Lipinski definition) is 5. The highest BCUT2D eigenvalue weighted by molar-refractivity contribution is 9.10. The second-order valence-corrected chi connectivity index (χ2v) is 8.08. The third kappa shape index (κ3) is 3.50. The molecule has 3 rings (SSSR count). The first-order valence-electron chi connectivity index (χ1n) is 7.57. The Bertz CT molecular complexity index is 956. The van der Waals surface area contributed by atoms with Gasteiger partial charge in [0, 0.05) is 16.1 Å². The van der Waals surface area contributed by atoms with Crippen molar-refractivity contribution < 1.29 is 22.7 Å². The predicted molar refractivity (Wildman–Crippen MR) is 96.9 cm³/mol. The van der Waals surface area contributed by atoms with Gasteiger partial charge >= 0.3 is 0 Å². The second kappa shape index (κ2) is 6.68. The van der Waals surface area contributed by atoms with Crippen LogP contribution in [-0.2, 0) is 16.4 Å². The van der Waals surface area contributed by atoms with Gasteiger partial charge in [-0.1, -0.05) is 22.9 Å². The topological polar surface area (TPSA) is 81.7 Å². The highest BCUT2D eigenvalue weighted by Crippen LogP contribution is 2.38. The molecule has 2 aromatic carbocycles. The molecule has 0 spiro atoms. The van der Waals surface area contributed by atoms with Crippen LogP contribution in [0, 0.1) is 0 Å². The van der Waals surface area contributed by atoms with E-state index in [0.717, 1.165) is 4.47 Å². The van der Waals surface area contributed by atoms with Gasteiger partial charge < -0.3 is 9.47 Å². The molecular formula is C17H16BrNO5S. The fourth-order valence-corrected chi connectivity index (χ4v) is 4.38. The summed E-state index contributed by atoms with van der Waals surface area (Å²) in [6, 6.07) is 7.93. The maximum Gasteiger partial charge on any atom is 0.262 e. The van der Waals surface area contributed by atoms with Gasteiger partial charge in [0.2, 0.25) is 6.79 Å². The lowest BCUT2D eigenvalue weighted by Crippen LogP contribution is -2.16. The first kappa shape index (κ1) is 17.8. The summed E-state index contributed by atoms with van der Waals surface area (Å²) in [5, 5.41) is 0. The van der Waals surface area contributed by atoms with Crippen LogP contribution in [0.2, 0.25) is 0 Å². The van der Waals surface area contributed by atoms with E-state index >= 15 is 0 Å². The summed E-state index contributed by atoms with van der Waals surface area (Å²) < 4.78 is 39.6. The molecule has 0 bridgehead atoms. The summed E-state index contributed by atoms with van der Waals surface area (Å²) in [6.07, 6.45) is 0.552. The molecule has 0 unspecified atom stereocenters. The normalized spacial score (nSPS) is 12.9. The lowest BCUT2D eigenvalue weighted by molar-refractivity contribution is 0.101. The summed E-state index contributed by atoms with van der Waals surface area (Å²) in [4.78, 5) is 12.1. The van der Waals surface area contributed by atoms with Crippen molar-refractivity contribution in [2.45, 2.75) is 25.2 Å². The molecule has 1 aliphatic rings. The molecule has 132 valence electrons. The van der Waals surface area contributed by atoms with Crippen LogP contribution in [-0.4, -0.2) is 21.0 Å². The van der Waals surface area contributed by atoms with Crippen molar-refractivity contribution in [2.75, 3.05) is 11.5 Å². The van der Waals surface area contributed by atoms with Crippen LogP contribution < -0.4 is 14.2 Å². The number of nitrogens with one attached hydrogen (secondary N) is 1. The van der Waals surface area contributed by atoms with Gasteiger partial charge in [-0.25, -0.2) is 8.42 Å². The lowest BCUT2D eigenvalue weighted by Gasteiger charge is -2.14. The van der Waals surface area contributed by atoms with E-state index in [4.69, 9.17) is 9.47 Å². The largest absolute Gasteiger partial charge is 0.454 e. The van der Waals surface area contributed by atoms with Crippen molar-refractivity contribution in [3.63, 3.8) is 0 Å².